The molecule has 0 aliphatic rings. The van der Waals surface area contributed by atoms with Crippen LogP contribution in [-0.2, 0) is 17.8 Å². The predicted molar refractivity (Wildman–Crippen MR) is 103 cm³/mol. The molecule has 27 heavy (non-hydrogen) atoms. The van der Waals surface area contributed by atoms with E-state index in [4.69, 9.17) is 16.0 Å². The molecule has 0 radical (unpaired) electrons. The van der Waals surface area contributed by atoms with Crippen LogP contribution in [0.3, 0.4) is 0 Å². The third-order valence-corrected chi connectivity index (χ3v) is 5.63. The second-order valence-corrected chi connectivity index (χ2v) is 8.13. The van der Waals surface area contributed by atoms with Crippen LogP contribution in [0.15, 0.2) is 33.2 Å². The van der Waals surface area contributed by atoms with Gasteiger partial charge in [0.1, 0.15) is 5.82 Å². The van der Waals surface area contributed by atoms with Crippen molar-refractivity contribution in [3.63, 3.8) is 0 Å². The summed E-state index contributed by atoms with van der Waals surface area (Å²) < 4.78 is 19.4. The normalized spacial score (nSPS) is 11.0. The minimum absolute atomic E-state index is 0.0865. The minimum atomic E-state index is -0.436. The molecule has 0 unspecified atom stereocenters. The maximum absolute atomic E-state index is 13.8. The highest BCUT2D eigenvalue weighted by atomic mass is 35.5. The van der Waals surface area contributed by atoms with Crippen molar-refractivity contribution < 1.29 is 13.6 Å². The summed E-state index contributed by atoms with van der Waals surface area (Å²) in [5, 5.41) is 11.4. The summed E-state index contributed by atoms with van der Waals surface area (Å²) in [6.45, 7) is 2.02. The lowest BCUT2D eigenvalue weighted by Crippen LogP contribution is -2.28. The zero-order valence-corrected chi connectivity index (χ0v) is 17.0. The maximum Gasteiger partial charge on any atom is 0.277 e. The number of aromatic nitrogens is 3. The number of nitrogens with zero attached hydrogens (tertiary/aromatic N) is 4. The largest absolute Gasteiger partial charge is 0.416 e. The van der Waals surface area contributed by atoms with Crippen LogP contribution in [0.1, 0.15) is 22.2 Å². The molecule has 0 saturated heterocycles. The van der Waals surface area contributed by atoms with Crippen molar-refractivity contribution in [1.82, 2.24) is 20.1 Å². The van der Waals surface area contributed by atoms with E-state index in [0.717, 1.165) is 22.5 Å². The SMILES string of the molecule is Cc1nc(Cc2nnc(SCC(=O)N(C)Cc3c(F)cccc3Cl)o2)cs1. The molecule has 0 fully saturated rings. The highest BCUT2D eigenvalue weighted by Gasteiger charge is 2.16. The summed E-state index contributed by atoms with van der Waals surface area (Å²) in [5.41, 5.74) is 1.16. The zero-order valence-electron chi connectivity index (χ0n) is 14.6. The Balaban J connectivity index is 1.53. The first-order chi connectivity index (χ1) is 12.9. The molecule has 0 atom stereocenters. The first kappa shape index (κ1) is 19.8. The van der Waals surface area contributed by atoms with Crippen molar-refractivity contribution in [3.05, 3.63) is 56.6 Å². The second-order valence-electron chi connectivity index (χ2n) is 5.74. The molecule has 2 heterocycles. The lowest BCUT2D eigenvalue weighted by Gasteiger charge is -2.17. The van der Waals surface area contributed by atoms with Crippen LogP contribution in [-0.4, -0.2) is 38.8 Å². The molecule has 1 aromatic carbocycles. The first-order valence-corrected chi connectivity index (χ1v) is 10.2. The summed E-state index contributed by atoms with van der Waals surface area (Å²) >= 11 is 8.70. The van der Waals surface area contributed by atoms with Crippen molar-refractivity contribution in [2.24, 2.45) is 0 Å². The van der Waals surface area contributed by atoms with E-state index in [1.807, 2.05) is 12.3 Å². The number of hydrogen-bond donors (Lipinski definition) is 0. The van der Waals surface area contributed by atoms with Gasteiger partial charge in [-0.1, -0.05) is 29.4 Å². The average Bonchev–Trinajstić information content (AvgIpc) is 3.25. The molecule has 10 heteroatoms. The van der Waals surface area contributed by atoms with Crippen LogP contribution < -0.4 is 0 Å². The van der Waals surface area contributed by atoms with Gasteiger partial charge in [-0.2, -0.15) is 0 Å². The van der Waals surface area contributed by atoms with E-state index >= 15 is 0 Å². The fraction of sp³-hybridized carbons (Fsp3) is 0.294. The van der Waals surface area contributed by atoms with E-state index in [-0.39, 0.29) is 18.2 Å². The van der Waals surface area contributed by atoms with Gasteiger partial charge in [-0.05, 0) is 19.1 Å². The van der Waals surface area contributed by atoms with Crippen molar-refractivity contribution in [1.29, 1.82) is 0 Å². The zero-order chi connectivity index (χ0) is 19.4. The number of carbonyl (C=O) groups is 1. The molecule has 0 aliphatic heterocycles. The Morgan fingerprint density at radius 2 is 2.22 bits per heavy atom. The molecule has 0 spiro atoms. The molecule has 1 amide bonds. The summed E-state index contributed by atoms with van der Waals surface area (Å²) in [6, 6.07) is 4.44. The molecular weight excluding hydrogens is 411 g/mol. The Morgan fingerprint density at radius 1 is 1.41 bits per heavy atom. The molecule has 3 aromatic rings. The van der Waals surface area contributed by atoms with E-state index in [1.54, 1.807) is 24.5 Å². The van der Waals surface area contributed by atoms with Crippen molar-refractivity contribution >= 4 is 40.6 Å². The fourth-order valence-corrected chi connectivity index (χ4v) is 3.81. The molecule has 3 rings (SSSR count). The number of carbonyl (C=O) groups excluding carboxylic acids is 1. The van der Waals surface area contributed by atoms with Gasteiger partial charge in [-0.25, -0.2) is 9.37 Å². The van der Waals surface area contributed by atoms with Crippen molar-refractivity contribution in [2.45, 2.75) is 25.1 Å². The molecule has 142 valence electrons. The van der Waals surface area contributed by atoms with Crippen LogP contribution in [0.5, 0.6) is 0 Å². The molecule has 6 nitrogen and oxygen atoms in total. The number of hydrogen-bond acceptors (Lipinski definition) is 7. The number of aryl methyl sites for hydroxylation is 1. The number of halogens is 2. The summed E-state index contributed by atoms with van der Waals surface area (Å²) in [6.07, 6.45) is 0.456. The number of thioether (sulfide) groups is 1. The van der Waals surface area contributed by atoms with Crippen molar-refractivity contribution in [3.8, 4) is 0 Å². The van der Waals surface area contributed by atoms with E-state index in [2.05, 4.69) is 15.2 Å². The van der Waals surface area contributed by atoms with Crippen LogP contribution >= 0.6 is 34.7 Å². The van der Waals surface area contributed by atoms with E-state index < -0.39 is 5.82 Å². The molecule has 0 bridgehead atoms. The van der Waals surface area contributed by atoms with Crippen LogP contribution in [0.2, 0.25) is 5.02 Å². The molecule has 0 saturated carbocycles. The summed E-state index contributed by atoms with van der Waals surface area (Å²) in [5.74, 6) is -0.0930. The molecule has 0 aliphatic carbocycles. The highest BCUT2D eigenvalue weighted by molar-refractivity contribution is 7.99. The van der Waals surface area contributed by atoms with Gasteiger partial charge >= 0.3 is 0 Å². The Bertz CT molecular complexity index is 926. The van der Waals surface area contributed by atoms with Gasteiger partial charge in [0.2, 0.25) is 11.8 Å². The Labute approximate surface area is 168 Å². The van der Waals surface area contributed by atoms with Gasteiger partial charge in [-0.3, -0.25) is 4.79 Å². The average molecular weight is 427 g/mol. The lowest BCUT2D eigenvalue weighted by atomic mass is 10.2. The number of benzene rings is 1. The molecular formula is C17H16ClFN4O2S2. The van der Waals surface area contributed by atoms with Crippen LogP contribution in [0.4, 0.5) is 4.39 Å². The predicted octanol–water partition coefficient (Wildman–Crippen LogP) is 3.97. The summed E-state index contributed by atoms with van der Waals surface area (Å²) in [7, 11) is 1.59. The Hall–Kier alpha value is -1.97. The van der Waals surface area contributed by atoms with Gasteiger partial charge in [0, 0.05) is 29.6 Å². The van der Waals surface area contributed by atoms with Gasteiger partial charge in [0.05, 0.1) is 22.9 Å². The standard InChI is InChI=1S/C17H16ClFN4O2S2/c1-10-20-11(8-26-10)6-15-21-22-17(25-15)27-9-16(24)23(2)7-12-13(18)4-3-5-14(12)19/h3-5,8H,6-7,9H2,1-2H3. The Morgan fingerprint density at radius 3 is 2.93 bits per heavy atom. The lowest BCUT2D eigenvalue weighted by molar-refractivity contribution is -0.127. The van der Waals surface area contributed by atoms with Gasteiger partial charge < -0.3 is 9.32 Å². The fourth-order valence-electron chi connectivity index (χ4n) is 2.25. The first-order valence-electron chi connectivity index (χ1n) is 7.95. The summed E-state index contributed by atoms with van der Waals surface area (Å²) in [4.78, 5) is 18.0. The van der Waals surface area contributed by atoms with Gasteiger partial charge in [-0.15, -0.1) is 21.5 Å². The van der Waals surface area contributed by atoms with Crippen LogP contribution in [0.25, 0.3) is 0 Å². The highest BCUT2D eigenvalue weighted by Crippen LogP contribution is 2.22. The number of thiazole rings is 1. The van der Waals surface area contributed by atoms with E-state index in [1.165, 1.54) is 17.0 Å². The number of amides is 1. The van der Waals surface area contributed by atoms with Gasteiger partial charge in [0.15, 0.2) is 0 Å². The van der Waals surface area contributed by atoms with E-state index in [9.17, 15) is 9.18 Å². The smallest absolute Gasteiger partial charge is 0.277 e. The quantitative estimate of drug-likeness (QED) is 0.532. The molecule has 2 aromatic heterocycles. The topological polar surface area (TPSA) is 72.1 Å². The Kier molecular flexibility index (Phi) is 6.46. The van der Waals surface area contributed by atoms with Crippen molar-refractivity contribution in [2.75, 3.05) is 12.8 Å². The van der Waals surface area contributed by atoms with Crippen LogP contribution in [0, 0.1) is 12.7 Å². The monoisotopic (exact) mass is 426 g/mol. The second kappa shape index (κ2) is 8.81. The third kappa shape index (κ3) is 5.27. The maximum atomic E-state index is 13.8. The minimum Gasteiger partial charge on any atom is -0.416 e. The third-order valence-electron chi connectivity index (χ3n) is 3.65. The van der Waals surface area contributed by atoms with E-state index in [0.29, 0.717) is 28.1 Å². The number of rotatable bonds is 7. The van der Waals surface area contributed by atoms with Gasteiger partial charge in [0.25, 0.3) is 5.22 Å². The molecule has 0 N–H and O–H groups in total.